The predicted molar refractivity (Wildman–Crippen MR) is 122 cm³/mol. The van der Waals surface area contributed by atoms with Crippen LogP contribution in [0.2, 0.25) is 0 Å². The third-order valence-electron chi connectivity index (χ3n) is 4.69. The van der Waals surface area contributed by atoms with Crippen LogP contribution < -0.4 is 10.1 Å². The van der Waals surface area contributed by atoms with Crippen LogP contribution in [0.1, 0.15) is 22.0 Å². The van der Waals surface area contributed by atoms with Gasteiger partial charge in [0.25, 0.3) is 11.6 Å². The lowest BCUT2D eigenvalue weighted by Crippen LogP contribution is -2.26. The maximum Gasteiger partial charge on any atom is 0.339 e. The summed E-state index contributed by atoms with van der Waals surface area (Å²) in [6, 6.07) is 17.6. The summed E-state index contributed by atoms with van der Waals surface area (Å²) in [6.45, 7) is 0. The lowest BCUT2D eigenvalue weighted by Gasteiger charge is -2.18. The van der Waals surface area contributed by atoms with Crippen molar-refractivity contribution >= 4 is 33.1 Å². The van der Waals surface area contributed by atoms with Crippen molar-refractivity contribution in [2.75, 3.05) is 18.7 Å². The van der Waals surface area contributed by atoms with E-state index in [0.717, 1.165) is 24.5 Å². The Morgan fingerprint density at radius 2 is 1.71 bits per heavy atom. The molecule has 0 saturated heterocycles. The number of sulfone groups is 1. The molecule has 0 bridgehead atoms. The molecule has 1 amide bonds. The molecular weight excluding hydrogens is 464 g/mol. The van der Waals surface area contributed by atoms with Gasteiger partial charge in [-0.05, 0) is 24.3 Å². The first-order valence-corrected chi connectivity index (χ1v) is 11.7. The molecule has 3 aromatic carbocycles. The van der Waals surface area contributed by atoms with Gasteiger partial charge in [0.1, 0.15) is 10.6 Å². The standard InChI is InChI=1S/C23H20N2O8S/c1-32-18-10-6-9-17(14-18)24-22(26)21(15-7-4-3-5-8-15)33-23(27)16-11-12-20(34(2,30)31)19(13-16)25(28)29/h3-14,21H,1-2H3,(H,24,26). The van der Waals surface area contributed by atoms with E-state index < -0.39 is 43.3 Å². The SMILES string of the molecule is COc1cccc(NC(=O)C(OC(=O)c2ccc(S(C)(=O)=O)c([N+](=O)[O-])c2)c2ccccc2)c1. The number of nitrogens with one attached hydrogen (secondary N) is 1. The topological polar surface area (TPSA) is 142 Å². The van der Waals surface area contributed by atoms with Crippen LogP contribution in [0.3, 0.4) is 0 Å². The largest absolute Gasteiger partial charge is 0.497 e. The summed E-state index contributed by atoms with van der Waals surface area (Å²) in [6.07, 6.45) is -0.574. The summed E-state index contributed by atoms with van der Waals surface area (Å²) in [5.41, 5.74) is -0.295. The van der Waals surface area contributed by atoms with Crippen LogP contribution in [-0.2, 0) is 19.4 Å². The highest BCUT2D eigenvalue weighted by Crippen LogP contribution is 2.27. The van der Waals surface area contributed by atoms with Crippen molar-refractivity contribution in [3.05, 3.63) is 94.0 Å². The highest BCUT2D eigenvalue weighted by atomic mass is 32.2. The molecule has 11 heteroatoms. The third-order valence-corrected chi connectivity index (χ3v) is 5.84. The number of ether oxygens (including phenoxy) is 2. The number of hydrogen-bond acceptors (Lipinski definition) is 8. The zero-order valence-corrected chi connectivity index (χ0v) is 18.9. The van der Waals surface area contributed by atoms with E-state index >= 15 is 0 Å². The summed E-state index contributed by atoms with van der Waals surface area (Å²) >= 11 is 0. The Bertz CT molecular complexity index is 1340. The number of benzene rings is 3. The van der Waals surface area contributed by atoms with Gasteiger partial charge >= 0.3 is 5.97 Å². The summed E-state index contributed by atoms with van der Waals surface area (Å²) in [5, 5.41) is 14.0. The van der Waals surface area contributed by atoms with E-state index in [1.165, 1.54) is 7.11 Å². The van der Waals surface area contributed by atoms with Crippen LogP contribution >= 0.6 is 0 Å². The fourth-order valence-electron chi connectivity index (χ4n) is 3.09. The van der Waals surface area contributed by atoms with Crippen molar-refractivity contribution in [2.24, 2.45) is 0 Å². The number of carbonyl (C=O) groups excluding carboxylic acids is 2. The fourth-order valence-corrected chi connectivity index (χ4v) is 3.91. The molecule has 1 atom stereocenters. The predicted octanol–water partition coefficient (Wildman–Crippen LogP) is 3.54. The second-order valence-corrected chi connectivity index (χ2v) is 9.11. The molecule has 0 aliphatic carbocycles. The van der Waals surface area contributed by atoms with Crippen molar-refractivity contribution in [2.45, 2.75) is 11.0 Å². The molecule has 0 fully saturated rings. The normalized spacial score (nSPS) is 11.8. The average Bonchev–Trinajstić information content (AvgIpc) is 2.82. The van der Waals surface area contributed by atoms with Crippen LogP contribution in [0.15, 0.2) is 77.7 Å². The number of nitro groups is 1. The maximum atomic E-state index is 13.0. The van der Waals surface area contributed by atoms with Gasteiger partial charge < -0.3 is 14.8 Å². The second-order valence-electron chi connectivity index (χ2n) is 7.13. The third kappa shape index (κ3) is 5.75. The van der Waals surface area contributed by atoms with E-state index in [1.54, 1.807) is 54.6 Å². The molecule has 34 heavy (non-hydrogen) atoms. The van der Waals surface area contributed by atoms with E-state index in [9.17, 15) is 28.1 Å². The van der Waals surface area contributed by atoms with Gasteiger partial charge in [-0.1, -0.05) is 36.4 Å². The van der Waals surface area contributed by atoms with Crippen LogP contribution in [0.25, 0.3) is 0 Å². The quantitative estimate of drug-likeness (QED) is 0.291. The number of anilines is 1. The van der Waals surface area contributed by atoms with E-state index in [4.69, 9.17) is 9.47 Å². The summed E-state index contributed by atoms with van der Waals surface area (Å²) in [4.78, 5) is 35.8. The Hall–Kier alpha value is -4.25. The summed E-state index contributed by atoms with van der Waals surface area (Å²) < 4.78 is 34.2. The molecule has 0 aliphatic rings. The molecule has 0 aromatic heterocycles. The second kappa shape index (κ2) is 10.1. The fraction of sp³-hybridized carbons (Fsp3) is 0.130. The number of esters is 1. The van der Waals surface area contributed by atoms with Gasteiger partial charge in [-0.25, -0.2) is 13.2 Å². The average molecular weight is 484 g/mol. The Morgan fingerprint density at radius 1 is 1.00 bits per heavy atom. The number of hydrogen-bond donors (Lipinski definition) is 1. The molecule has 3 rings (SSSR count). The minimum atomic E-state index is -3.91. The van der Waals surface area contributed by atoms with Gasteiger partial charge in [-0.15, -0.1) is 0 Å². The lowest BCUT2D eigenvalue weighted by molar-refractivity contribution is -0.387. The van der Waals surface area contributed by atoms with Crippen LogP contribution in [0.4, 0.5) is 11.4 Å². The molecule has 0 spiro atoms. The molecule has 176 valence electrons. The van der Waals surface area contributed by atoms with Crippen LogP contribution in [0, 0.1) is 10.1 Å². The molecule has 3 aromatic rings. The number of rotatable bonds is 8. The number of nitrogens with zero attached hydrogens (tertiary/aromatic N) is 1. The first-order valence-electron chi connectivity index (χ1n) is 9.79. The molecule has 10 nitrogen and oxygen atoms in total. The summed E-state index contributed by atoms with van der Waals surface area (Å²) in [5.74, 6) is -1.21. The molecule has 1 unspecified atom stereocenters. The van der Waals surface area contributed by atoms with E-state index in [-0.39, 0.29) is 5.56 Å². The molecule has 0 saturated carbocycles. The van der Waals surface area contributed by atoms with Crippen molar-refractivity contribution in [1.29, 1.82) is 0 Å². The van der Waals surface area contributed by atoms with Crippen molar-refractivity contribution in [3.8, 4) is 5.75 Å². The number of nitro benzene ring substituents is 1. The zero-order chi connectivity index (χ0) is 24.9. The zero-order valence-electron chi connectivity index (χ0n) is 18.1. The minimum Gasteiger partial charge on any atom is -0.497 e. The van der Waals surface area contributed by atoms with Gasteiger partial charge in [0.15, 0.2) is 9.84 Å². The van der Waals surface area contributed by atoms with Gasteiger partial charge in [0.2, 0.25) is 6.10 Å². The van der Waals surface area contributed by atoms with E-state index in [2.05, 4.69) is 5.32 Å². The smallest absolute Gasteiger partial charge is 0.339 e. The van der Waals surface area contributed by atoms with Crippen molar-refractivity contribution < 1.29 is 32.4 Å². The minimum absolute atomic E-state index is 0.283. The van der Waals surface area contributed by atoms with Crippen LogP contribution in [0.5, 0.6) is 5.75 Å². The lowest BCUT2D eigenvalue weighted by atomic mass is 10.1. The first kappa shape index (κ1) is 24.4. The van der Waals surface area contributed by atoms with Crippen LogP contribution in [-0.4, -0.2) is 38.6 Å². The molecular formula is C23H20N2O8S. The van der Waals surface area contributed by atoms with Crippen molar-refractivity contribution in [1.82, 2.24) is 0 Å². The molecule has 0 heterocycles. The maximum absolute atomic E-state index is 13.0. The Morgan fingerprint density at radius 3 is 2.32 bits per heavy atom. The van der Waals surface area contributed by atoms with Gasteiger partial charge in [0.05, 0.1) is 17.6 Å². The highest BCUT2D eigenvalue weighted by Gasteiger charge is 2.29. The molecule has 0 radical (unpaired) electrons. The number of methoxy groups -OCH3 is 1. The molecule has 1 N–H and O–H groups in total. The van der Waals surface area contributed by atoms with Gasteiger partial charge in [-0.2, -0.15) is 0 Å². The summed E-state index contributed by atoms with van der Waals surface area (Å²) in [7, 11) is -2.43. The van der Waals surface area contributed by atoms with E-state index in [1.807, 2.05) is 0 Å². The number of amides is 1. The Labute approximate surface area is 195 Å². The first-order chi connectivity index (χ1) is 16.1. The Kier molecular flexibility index (Phi) is 7.27. The van der Waals surface area contributed by atoms with E-state index in [0.29, 0.717) is 17.0 Å². The monoisotopic (exact) mass is 484 g/mol. The number of carbonyl (C=O) groups is 2. The highest BCUT2D eigenvalue weighted by molar-refractivity contribution is 7.90. The van der Waals surface area contributed by atoms with Crippen molar-refractivity contribution in [3.63, 3.8) is 0 Å². The molecule has 0 aliphatic heterocycles. The van der Waals surface area contributed by atoms with Gasteiger partial charge in [-0.3, -0.25) is 14.9 Å². The Balaban J connectivity index is 1.92. The van der Waals surface area contributed by atoms with Gasteiger partial charge in [0, 0.05) is 29.6 Å².